The number of hydrogen-bond donors (Lipinski definition) is 6. The highest BCUT2D eigenvalue weighted by atomic mass is 19.1. The number of nitrogens with one attached hydrogen (secondary N) is 6. The van der Waals surface area contributed by atoms with Crippen molar-refractivity contribution in [2.45, 2.75) is 159 Å². The van der Waals surface area contributed by atoms with Gasteiger partial charge in [-0.2, -0.15) is 0 Å². The van der Waals surface area contributed by atoms with E-state index in [9.17, 15) is 47.1 Å². The highest BCUT2D eigenvalue weighted by Crippen LogP contribution is 2.35. The summed E-state index contributed by atoms with van der Waals surface area (Å²) in [6.07, 6.45) is 16.8. The molecule has 4 aromatic rings. The molecule has 81 heavy (non-hydrogen) atoms. The Balaban J connectivity index is 0.854. The van der Waals surface area contributed by atoms with Crippen LogP contribution in [0.3, 0.4) is 0 Å². The number of aromatic nitrogens is 2. The molecule has 0 unspecified atom stereocenters. The number of halogens is 2. The summed E-state index contributed by atoms with van der Waals surface area (Å²) in [6.45, 7) is 5.23. The van der Waals surface area contributed by atoms with E-state index in [1.165, 1.54) is 60.9 Å². The summed E-state index contributed by atoms with van der Waals surface area (Å²) in [5, 5.41) is 17.7. The number of carbonyl (C=O) groups is 8. The monoisotopic (exact) mass is 1120 g/mol. The minimum Gasteiger partial charge on any atom is -0.356 e. The summed E-state index contributed by atoms with van der Waals surface area (Å²) < 4.78 is 27.0. The first-order valence-corrected chi connectivity index (χ1v) is 28.7. The molecule has 2 aliphatic heterocycles. The predicted molar refractivity (Wildman–Crippen MR) is 302 cm³/mol. The number of amides is 6. The Kier molecular flexibility index (Phi) is 25.0. The van der Waals surface area contributed by atoms with E-state index in [0.717, 1.165) is 32.1 Å². The molecule has 2 saturated heterocycles. The first-order chi connectivity index (χ1) is 39.1. The third-order valence-corrected chi connectivity index (χ3v) is 15.3. The summed E-state index contributed by atoms with van der Waals surface area (Å²) in [5.41, 5.74) is 2.72. The number of nitrogens with zero attached hydrogens (tertiary/aromatic N) is 4. The van der Waals surface area contributed by atoms with Gasteiger partial charge in [-0.1, -0.05) is 19.3 Å². The summed E-state index contributed by atoms with van der Waals surface area (Å²) in [4.78, 5) is 118. The van der Waals surface area contributed by atoms with Gasteiger partial charge in [0.1, 0.15) is 23.7 Å². The molecule has 6 atom stereocenters. The van der Waals surface area contributed by atoms with Gasteiger partial charge in [-0.15, -0.1) is 0 Å². The topological polar surface area (TPSA) is 241 Å². The molecule has 6 rings (SSSR count). The summed E-state index contributed by atoms with van der Waals surface area (Å²) in [6, 6.07) is 10.7. The third kappa shape index (κ3) is 18.9. The second kappa shape index (κ2) is 32.2. The Morgan fingerprint density at radius 1 is 0.519 bits per heavy atom. The number of likely N-dealkylation sites (N-methyl/N-ethyl adjacent to an activating group) is 2. The van der Waals surface area contributed by atoms with E-state index in [-0.39, 0.29) is 59.1 Å². The molecule has 0 spiro atoms. The standard InChI is InChI=1S/C61H80F2N10O8/c1-40(64-3)58(78)70-50(60(80)72-32-14-18-52(72)44-34-46(38-66-36-44)56(76)42-22-26-48(62)27-23-42)16-10-12-30-68-54(74)20-8-6-5-7-9-21-55(75)69-31-13-11-17-51(71-59(79)41(2)65-4)61(81)73-33-15-19-53(73)45-35-47(39-67-37-45)57(77)43-24-28-49(63)29-25-43/h22-29,34-41,50-53,64-65H,5-21,30-33H2,1-4H3,(H,68,74)(H,69,75)(H,70,78)(H,71,79)/t40-,41-,50-,51-,52-,53-/m0/s1. The molecule has 2 aromatic carbocycles. The first-order valence-electron chi connectivity index (χ1n) is 28.7. The van der Waals surface area contributed by atoms with Crippen LogP contribution >= 0.6 is 0 Å². The van der Waals surface area contributed by atoms with Crippen LogP contribution in [0, 0.1) is 11.6 Å². The fourth-order valence-electron chi connectivity index (χ4n) is 10.3. The van der Waals surface area contributed by atoms with E-state index in [1.807, 2.05) is 0 Å². The Labute approximate surface area is 474 Å². The molecule has 6 N–H and O–H groups in total. The molecular weight excluding hydrogens is 1040 g/mol. The number of benzene rings is 2. The van der Waals surface area contributed by atoms with Crippen LogP contribution in [-0.2, 0) is 28.8 Å². The second-order valence-electron chi connectivity index (χ2n) is 21.2. The van der Waals surface area contributed by atoms with Crippen molar-refractivity contribution in [1.82, 2.24) is 51.7 Å². The lowest BCUT2D eigenvalue weighted by molar-refractivity contribution is -0.138. The lowest BCUT2D eigenvalue weighted by Gasteiger charge is -2.30. The molecule has 436 valence electrons. The second-order valence-corrected chi connectivity index (χ2v) is 21.2. The number of carbonyl (C=O) groups excluding carboxylic acids is 8. The van der Waals surface area contributed by atoms with E-state index in [2.05, 4.69) is 41.9 Å². The normalized spacial score (nSPS) is 16.5. The molecular formula is C61H80F2N10O8. The quantitative estimate of drug-likeness (QED) is 0.0220. The summed E-state index contributed by atoms with van der Waals surface area (Å²) in [5.74, 6) is -2.68. The molecule has 2 fully saturated rings. The zero-order chi connectivity index (χ0) is 58.3. The van der Waals surface area contributed by atoms with E-state index in [1.54, 1.807) is 62.3 Å². The van der Waals surface area contributed by atoms with Gasteiger partial charge < -0.3 is 41.7 Å². The van der Waals surface area contributed by atoms with Gasteiger partial charge in [0.25, 0.3) is 0 Å². The van der Waals surface area contributed by atoms with E-state index in [0.29, 0.717) is 137 Å². The number of hydrogen-bond acceptors (Lipinski definition) is 12. The number of ketones is 2. The smallest absolute Gasteiger partial charge is 0.245 e. The van der Waals surface area contributed by atoms with Crippen LogP contribution in [-0.4, -0.2) is 131 Å². The molecule has 2 aliphatic rings. The lowest BCUT2D eigenvalue weighted by atomic mass is 9.99. The van der Waals surface area contributed by atoms with Crippen LogP contribution in [0.15, 0.2) is 85.5 Å². The lowest BCUT2D eigenvalue weighted by Crippen LogP contribution is -2.52. The van der Waals surface area contributed by atoms with Crippen LogP contribution in [0.2, 0.25) is 0 Å². The van der Waals surface area contributed by atoms with E-state index >= 15 is 0 Å². The molecule has 0 saturated carbocycles. The summed E-state index contributed by atoms with van der Waals surface area (Å²) >= 11 is 0. The Morgan fingerprint density at radius 2 is 0.901 bits per heavy atom. The third-order valence-electron chi connectivity index (χ3n) is 15.3. The Hall–Kier alpha value is -7.32. The van der Waals surface area contributed by atoms with E-state index in [4.69, 9.17) is 0 Å². The zero-order valence-electron chi connectivity index (χ0n) is 47.2. The maximum Gasteiger partial charge on any atom is 0.245 e. The average molecular weight is 1120 g/mol. The van der Waals surface area contributed by atoms with Gasteiger partial charge in [0.15, 0.2) is 11.6 Å². The highest BCUT2D eigenvalue weighted by Gasteiger charge is 2.37. The van der Waals surface area contributed by atoms with Gasteiger partial charge in [-0.3, -0.25) is 48.3 Å². The highest BCUT2D eigenvalue weighted by molar-refractivity contribution is 6.09. The van der Waals surface area contributed by atoms with Crippen LogP contribution in [0.5, 0.6) is 0 Å². The number of unbranched alkanes of at least 4 members (excludes halogenated alkanes) is 6. The number of likely N-dealkylation sites (tertiary alicyclic amines) is 2. The van der Waals surface area contributed by atoms with Gasteiger partial charge >= 0.3 is 0 Å². The van der Waals surface area contributed by atoms with Crippen molar-refractivity contribution in [3.63, 3.8) is 0 Å². The molecule has 0 radical (unpaired) electrons. The fraction of sp³-hybridized carbons (Fsp3) is 0.508. The minimum atomic E-state index is -0.798. The molecule has 2 aromatic heterocycles. The minimum absolute atomic E-state index is 0.0597. The zero-order valence-corrected chi connectivity index (χ0v) is 47.2. The number of rotatable bonds is 32. The van der Waals surface area contributed by atoms with Crippen molar-refractivity contribution in [2.75, 3.05) is 40.3 Å². The largest absolute Gasteiger partial charge is 0.356 e. The Bertz CT molecular complexity index is 2580. The first kappa shape index (κ1) is 62.9. The van der Waals surface area contributed by atoms with Crippen molar-refractivity contribution in [1.29, 1.82) is 0 Å². The molecule has 20 heteroatoms. The molecule has 0 bridgehead atoms. The van der Waals surface area contributed by atoms with Gasteiger partial charge in [-0.25, -0.2) is 8.78 Å². The van der Waals surface area contributed by atoms with Gasteiger partial charge in [0, 0.05) is 86.1 Å². The van der Waals surface area contributed by atoms with Crippen molar-refractivity contribution in [2.24, 2.45) is 0 Å². The molecule has 6 amide bonds. The maximum atomic E-state index is 14.2. The SMILES string of the molecule is CN[C@@H](C)C(=O)N[C@@H](CCCCNC(=O)CCCCCCCC(=O)NCCCC[C@H](NC(=O)[C@H](C)NC)C(=O)N1CCC[C@H]1c1cncc(C(=O)c2ccc(F)cc2)c1)C(=O)N1CCC[C@H]1c1cncc(C(=O)c2ccc(F)cc2)c1. The van der Waals surface area contributed by atoms with Crippen LogP contribution in [0.4, 0.5) is 8.78 Å². The van der Waals surface area contributed by atoms with Crippen molar-refractivity contribution >= 4 is 47.0 Å². The predicted octanol–water partition coefficient (Wildman–Crippen LogP) is 6.73. The number of pyridine rings is 2. The fourth-order valence-corrected chi connectivity index (χ4v) is 10.3. The van der Waals surface area contributed by atoms with Crippen molar-refractivity contribution in [3.8, 4) is 0 Å². The van der Waals surface area contributed by atoms with Crippen molar-refractivity contribution in [3.05, 3.63) is 130 Å². The van der Waals surface area contributed by atoms with Gasteiger partial charge in [-0.05, 0) is 177 Å². The van der Waals surface area contributed by atoms with E-state index < -0.39 is 35.8 Å². The maximum absolute atomic E-state index is 14.2. The van der Waals surface area contributed by atoms with Gasteiger partial charge in [0.2, 0.25) is 35.4 Å². The summed E-state index contributed by atoms with van der Waals surface area (Å²) in [7, 11) is 3.34. The van der Waals surface area contributed by atoms with Crippen LogP contribution < -0.4 is 31.9 Å². The van der Waals surface area contributed by atoms with Gasteiger partial charge in [0.05, 0.1) is 24.2 Å². The molecule has 0 aliphatic carbocycles. The molecule has 4 heterocycles. The Morgan fingerprint density at radius 3 is 1.28 bits per heavy atom. The van der Waals surface area contributed by atoms with Crippen LogP contribution in [0.25, 0.3) is 0 Å². The van der Waals surface area contributed by atoms with Crippen LogP contribution in [0.1, 0.15) is 178 Å². The molecule has 18 nitrogen and oxygen atoms in total. The average Bonchev–Trinajstić information content (AvgIpc) is 4.20. The van der Waals surface area contributed by atoms with Crippen molar-refractivity contribution < 1.29 is 47.1 Å².